The predicted octanol–water partition coefficient (Wildman–Crippen LogP) is 2.69. The Hall–Kier alpha value is 5.71. The van der Waals surface area contributed by atoms with E-state index in [0.717, 1.165) is 5.56 Å². The first-order valence-electron chi connectivity index (χ1n) is 2.97. The van der Waals surface area contributed by atoms with Gasteiger partial charge in [-0.15, -0.1) is 12.1 Å². The van der Waals surface area contributed by atoms with E-state index in [9.17, 15) is 0 Å². The van der Waals surface area contributed by atoms with Gasteiger partial charge in [0.1, 0.15) is 0 Å². The Morgan fingerprint density at radius 2 is 0.933 bits per heavy atom. The summed E-state index contributed by atoms with van der Waals surface area (Å²) in [5.41, 5.74) is 1.07. The minimum atomic E-state index is 0. The van der Waals surface area contributed by atoms with Gasteiger partial charge >= 0.3 is 0 Å². The van der Waals surface area contributed by atoms with Crippen molar-refractivity contribution in [3.05, 3.63) is 49.7 Å². The summed E-state index contributed by atoms with van der Waals surface area (Å²) in [4.78, 5) is 0. The second-order valence-corrected chi connectivity index (χ2v) is 1.49. The molecule has 1 aromatic carbocycles. The largest absolute Gasteiger partial charge is 0.346 e. The van der Waals surface area contributed by atoms with Gasteiger partial charge in [-0.05, 0) is 0 Å². The van der Waals surface area contributed by atoms with Crippen molar-refractivity contribution >= 4 is 0 Å². The predicted molar refractivity (Wildman–Crippen MR) is 41.9 cm³/mol. The average molecular weight is 654 g/mol. The summed E-state index contributed by atoms with van der Waals surface area (Å²) in [6, 6.07) is 9.87. The summed E-state index contributed by atoms with van der Waals surface area (Å²) < 4.78 is 0. The maximum absolute atomic E-state index is 3.72. The molecular weight excluding hydrogens is 642 g/mol. The third kappa shape index (κ3) is 32.9. The number of rotatable bonds is 0. The van der Waals surface area contributed by atoms with E-state index in [0.29, 0.717) is 0 Å². The Balaban J connectivity index is -0.0000000152. The number of benzene rings is 1. The van der Waals surface area contributed by atoms with Crippen molar-refractivity contribution in [3.63, 3.8) is 0 Å². The molecule has 0 aliphatic heterocycles. The average Bonchev–Trinajstić information content (AvgIpc) is 1.94. The van der Waals surface area contributed by atoms with Crippen molar-refractivity contribution in [2.24, 2.45) is 0 Å². The Kier molecular flexibility index (Phi) is 105. The van der Waals surface area contributed by atoms with Gasteiger partial charge in [-0.2, -0.15) is 31.5 Å². The number of hydrogen-bond acceptors (Lipinski definition) is 0. The number of hydrogen-bond donors (Lipinski definition) is 0. The maximum atomic E-state index is 3.72. The molecule has 0 bridgehead atoms. The molecule has 0 aromatic heterocycles. The SMILES string of the molecule is [CH2-]C.[CH2-]c1ccccc1.[Y].[Y].[Y].[Y].[Y].[Y]. The quantitative estimate of drug-likeness (QED) is 0.379. The van der Waals surface area contributed by atoms with Gasteiger partial charge in [0.2, 0.25) is 0 Å². The second kappa shape index (κ2) is 36.7. The molecule has 0 amide bonds. The molecule has 6 radical (unpaired) electrons. The van der Waals surface area contributed by atoms with E-state index in [-0.39, 0.29) is 196 Å². The summed E-state index contributed by atoms with van der Waals surface area (Å²) in [5, 5.41) is 0. The molecule has 0 N–H and O–H groups in total. The molecule has 0 aliphatic carbocycles. The first-order valence-corrected chi connectivity index (χ1v) is 2.97. The Morgan fingerprint density at radius 1 is 0.667 bits per heavy atom. The summed E-state index contributed by atoms with van der Waals surface area (Å²) in [5.74, 6) is 0. The van der Waals surface area contributed by atoms with E-state index in [1.165, 1.54) is 0 Å². The Bertz CT molecular complexity index is 145. The van der Waals surface area contributed by atoms with Crippen LogP contribution in [0.5, 0.6) is 0 Å². The van der Waals surface area contributed by atoms with Crippen LogP contribution in [0.2, 0.25) is 0 Å². The summed E-state index contributed by atoms with van der Waals surface area (Å²) in [6.07, 6.45) is 0. The standard InChI is InChI=1S/C7H7.C2H5.6Y/c1-7-5-3-2-4-6-7;1-2;;;;;;/h2-6H,1H2;1H2,2H3;;;;;;/q2*-1;;;;;;. The fraction of sp³-hybridized carbons (Fsp3) is 0.111. The van der Waals surface area contributed by atoms with Crippen LogP contribution >= 0.6 is 0 Å². The smallest absolute Gasteiger partial charge is 0 e. The molecule has 0 saturated heterocycles. The minimum Gasteiger partial charge on any atom is -0.346 e. The van der Waals surface area contributed by atoms with E-state index < -0.39 is 0 Å². The van der Waals surface area contributed by atoms with Gasteiger partial charge in [-0.25, -0.2) is 0 Å². The van der Waals surface area contributed by atoms with Crippen LogP contribution in [0.3, 0.4) is 0 Å². The van der Waals surface area contributed by atoms with E-state index in [1.807, 2.05) is 30.3 Å². The first-order chi connectivity index (χ1) is 4.39. The minimum absolute atomic E-state index is 0. The molecule has 0 saturated carbocycles. The van der Waals surface area contributed by atoms with Crippen LogP contribution in [0, 0.1) is 13.8 Å². The van der Waals surface area contributed by atoms with Crippen molar-refractivity contribution in [1.82, 2.24) is 0 Å². The van der Waals surface area contributed by atoms with E-state index in [1.54, 1.807) is 6.92 Å². The van der Waals surface area contributed by atoms with Gasteiger partial charge < -0.3 is 6.92 Å². The molecule has 0 heterocycles. The summed E-state index contributed by atoms with van der Waals surface area (Å²) in [7, 11) is 0. The van der Waals surface area contributed by atoms with Crippen LogP contribution < -0.4 is 0 Å². The first kappa shape index (κ1) is 42.8. The van der Waals surface area contributed by atoms with Gasteiger partial charge in [0.15, 0.2) is 0 Å². The monoisotopic (exact) mass is 654 g/mol. The van der Waals surface area contributed by atoms with Crippen LogP contribution in [0.25, 0.3) is 0 Å². The molecule has 0 spiro atoms. The topological polar surface area (TPSA) is 0 Å². The molecule has 6 heteroatoms. The molecule has 15 heavy (non-hydrogen) atoms. The Labute approximate surface area is 246 Å². The van der Waals surface area contributed by atoms with Gasteiger partial charge in [0.05, 0.1) is 0 Å². The fourth-order valence-corrected chi connectivity index (χ4v) is 0.478. The van der Waals surface area contributed by atoms with Crippen LogP contribution in [-0.2, 0) is 196 Å². The van der Waals surface area contributed by atoms with Crippen LogP contribution in [0.4, 0.5) is 0 Å². The van der Waals surface area contributed by atoms with Crippen molar-refractivity contribution in [3.8, 4) is 0 Å². The van der Waals surface area contributed by atoms with E-state index in [4.69, 9.17) is 0 Å². The van der Waals surface area contributed by atoms with Crippen molar-refractivity contribution in [1.29, 1.82) is 0 Å². The fourth-order valence-electron chi connectivity index (χ4n) is 0.478. The van der Waals surface area contributed by atoms with E-state index >= 15 is 0 Å². The van der Waals surface area contributed by atoms with Crippen LogP contribution in [0.15, 0.2) is 30.3 Å². The molecule has 1 aromatic rings. The summed E-state index contributed by atoms with van der Waals surface area (Å²) >= 11 is 0. The zero-order valence-corrected chi connectivity index (χ0v) is 26.3. The third-order valence-electron chi connectivity index (χ3n) is 0.843. The maximum Gasteiger partial charge on any atom is 0 e. The van der Waals surface area contributed by atoms with Crippen LogP contribution in [-0.4, -0.2) is 0 Å². The molecule has 0 atom stereocenters. The van der Waals surface area contributed by atoms with Gasteiger partial charge in [-0.3, -0.25) is 0 Å². The van der Waals surface area contributed by atoms with Gasteiger partial charge in [0, 0.05) is 196 Å². The van der Waals surface area contributed by atoms with Crippen LogP contribution in [0.1, 0.15) is 12.5 Å². The normalized spacial score (nSPS) is 4.40. The molecule has 1 rings (SSSR count). The molecule has 0 aliphatic rings. The van der Waals surface area contributed by atoms with Crippen molar-refractivity contribution in [2.45, 2.75) is 6.92 Å². The van der Waals surface area contributed by atoms with Gasteiger partial charge in [-0.1, -0.05) is 6.07 Å². The molecule has 0 nitrogen and oxygen atoms in total. The third-order valence-corrected chi connectivity index (χ3v) is 0.843. The zero-order valence-electron chi connectivity index (χ0n) is 9.27. The summed E-state index contributed by atoms with van der Waals surface area (Å²) in [6.45, 7) is 8.72. The second-order valence-electron chi connectivity index (χ2n) is 1.49. The zero-order chi connectivity index (χ0) is 7.11. The Morgan fingerprint density at radius 3 is 1.07 bits per heavy atom. The van der Waals surface area contributed by atoms with Gasteiger partial charge in [0.25, 0.3) is 0 Å². The molecular formula is C9H12Y6-2. The molecule has 0 unspecified atom stereocenters. The van der Waals surface area contributed by atoms with E-state index in [2.05, 4.69) is 13.8 Å². The van der Waals surface area contributed by atoms with Crippen molar-refractivity contribution in [2.75, 3.05) is 0 Å². The molecule has 68 valence electrons. The molecule has 0 fully saturated rings. The van der Waals surface area contributed by atoms with Crippen molar-refractivity contribution < 1.29 is 196 Å².